The van der Waals surface area contributed by atoms with Gasteiger partial charge in [0.15, 0.2) is 0 Å². The number of alkyl carbamates (subject to hydrolysis) is 1. The van der Waals surface area contributed by atoms with E-state index in [0.29, 0.717) is 5.76 Å². The van der Waals surface area contributed by atoms with Gasteiger partial charge in [0.05, 0.1) is 12.9 Å². The molecule has 0 saturated heterocycles. The van der Waals surface area contributed by atoms with Crippen LogP contribution in [0.15, 0.2) is 12.3 Å². The lowest BCUT2D eigenvalue weighted by Gasteiger charge is -2.29. The van der Waals surface area contributed by atoms with Crippen LogP contribution in [0.4, 0.5) is 4.79 Å². The summed E-state index contributed by atoms with van der Waals surface area (Å²) in [6.45, 7) is 5.13. The molecule has 0 aromatic rings. The maximum atomic E-state index is 11.9. The first-order valence-electron chi connectivity index (χ1n) is 6.39. The fourth-order valence-electron chi connectivity index (χ4n) is 2.19. The van der Waals surface area contributed by atoms with Crippen molar-refractivity contribution in [3.05, 3.63) is 12.3 Å². The molecule has 0 aromatic carbocycles. The minimum Gasteiger partial charge on any atom is -0.416 e. The van der Waals surface area contributed by atoms with E-state index >= 15 is 0 Å². The van der Waals surface area contributed by atoms with E-state index in [9.17, 15) is 9.59 Å². The highest BCUT2D eigenvalue weighted by Gasteiger charge is 2.29. The van der Waals surface area contributed by atoms with Crippen molar-refractivity contribution in [2.45, 2.75) is 38.6 Å². The van der Waals surface area contributed by atoms with Crippen molar-refractivity contribution >= 4 is 12.0 Å². The monoisotopic (exact) mass is 270 g/mol. The number of ether oxygens (including phenoxy) is 1. The van der Waals surface area contributed by atoms with Gasteiger partial charge in [-0.15, -0.1) is 0 Å². The lowest BCUT2D eigenvalue weighted by molar-refractivity contribution is -0.174. The molecule has 6 heteroatoms. The summed E-state index contributed by atoms with van der Waals surface area (Å²) in [6, 6.07) is 0.0590. The lowest BCUT2D eigenvalue weighted by atomic mass is 9.85. The Labute approximate surface area is 113 Å². The van der Waals surface area contributed by atoms with Gasteiger partial charge in [-0.2, -0.15) is 0 Å². The molecule has 1 rings (SSSR count). The predicted molar refractivity (Wildman–Crippen MR) is 70.0 cm³/mol. The Bertz CT molecular complexity index is 349. The Balaban J connectivity index is 2.35. The fourth-order valence-corrected chi connectivity index (χ4v) is 2.19. The van der Waals surface area contributed by atoms with E-state index in [2.05, 4.69) is 11.9 Å². The smallest absolute Gasteiger partial charge is 0.412 e. The van der Waals surface area contributed by atoms with Gasteiger partial charge in [0.25, 0.3) is 0 Å². The predicted octanol–water partition coefficient (Wildman–Crippen LogP) is 1.82. The van der Waals surface area contributed by atoms with Crippen LogP contribution in [-0.4, -0.2) is 37.3 Å². The second-order valence-corrected chi connectivity index (χ2v) is 4.80. The van der Waals surface area contributed by atoms with Gasteiger partial charge in [-0.3, -0.25) is 9.63 Å². The van der Waals surface area contributed by atoms with Crippen LogP contribution in [0.3, 0.4) is 0 Å². The number of allylic oxidation sites excluding steroid dienone is 1. The molecule has 0 bridgehead atoms. The zero-order valence-corrected chi connectivity index (χ0v) is 11.8. The van der Waals surface area contributed by atoms with E-state index in [4.69, 9.17) is 9.57 Å². The van der Waals surface area contributed by atoms with Crippen molar-refractivity contribution in [3.8, 4) is 0 Å². The van der Waals surface area contributed by atoms with E-state index in [1.54, 1.807) is 14.0 Å². The zero-order chi connectivity index (χ0) is 14.4. The first-order chi connectivity index (χ1) is 8.93. The second-order valence-electron chi connectivity index (χ2n) is 4.80. The number of hydrogen-bond donors (Lipinski definition) is 1. The molecule has 0 spiro atoms. The van der Waals surface area contributed by atoms with Crippen LogP contribution in [0.25, 0.3) is 0 Å². The van der Waals surface area contributed by atoms with E-state index in [0.717, 1.165) is 25.7 Å². The molecule has 19 heavy (non-hydrogen) atoms. The summed E-state index contributed by atoms with van der Waals surface area (Å²) in [7, 11) is 3.08. The molecular formula is C13H22N2O4. The molecule has 1 fully saturated rings. The molecule has 1 N–H and O–H groups in total. The highest BCUT2D eigenvalue weighted by atomic mass is 16.7. The number of carbonyl (C=O) groups is 2. The van der Waals surface area contributed by atoms with Gasteiger partial charge in [0.2, 0.25) is 5.91 Å². The highest BCUT2D eigenvalue weighted by molar-refractivity contribution is 5.77. The number of amides is 2. The summed E-state index contributed by atoms with van der Waals surface area (Å²) in [6.07, 6.45) is 2.53. The van der Waals surface area contributed by atoms with Gasteiger partial charge >= 0.3 is 6.09 Å². The molecule has 108 valence electrons. The van der Waals surface area contributed by atoms with E-state index in [-0.39, 0.29) is 17.9 Å². The molecule has 0 aromatic heterocycles. The van der Waals surface area contributed by atoms with Crippen molar-refractivity contribution in [2.75, 3.05) is 14.2 Å². The van der Waals surface area contributed by atoms with Crippen molar-refractivity contribution in [3.63, 3.8) is 0 Å². The Morgan fingerprint density at radius 1 is 1.26 bits per heavy atom. The topological polar surface area (TPSA) is 67.9 Å². The maximum Gasteiger partial charge on any atom is 0.412 e. The van der Waals surface area contributed by atoms with Crippen LogP contribution < -0.4 is 5.32 Å². The van der Waals surface area contributed by atoms with Gasteiger partial charge in [0.1, 0.15) is 0 Å². The SMILES string of the molecule is C=C(C)OC(=O)NC1CCC(C(=O)N(C)OC)CC1. The Morgan fingerprint density at radius 3 is 2.32 bits per heavy atom. The molecule has 0 heterocycles. The molecule has 0 unspecified atom stereocenters. The molecule has 2 amide bonds. The summed E-state index contributed by atoms with van der Waals surface area (Å²) >= 11 is 0. The maximum absolute atomic E-state index is 11.9. The Kier molecular flexibility index (Phi) is 5.82. The van der Waals surface area contributed by atoms with Crippen LogP contribution in [0, 0.1) is 5.92 Å². The third-order valence-electron chi connectivity index (χ3n) is 3.25. The quantitative estimate of drug-likeness (QED) is 0.625. The average molecular weight is 270 g/mol. The summed E-state index contributed by atoms with van der Waals surface area (Å²) in [4.78, 5) is 28.2. The molecule has 6 nitrogen and oxygen atoms in total. The largest absolute Gasteiger partial charge is 0.416 e. The zero-order valence-electron chi connectivity index (χ0n) is 11.8. The molecule has 0 aliphatic heterocycles. The minimum atomic E-state index is -0.476. The van der Waals surface area contributed by atoms with Crippen LogP contribution in [0.5, 0.6) is 0 Å². The second kappa shape index (κ2) is 7.13. The van der Waals surface area contributed by atoms with Gasteiger partial charge in [-0.1, -0.05) is 6.58 Å². The van der Waals surface area contributed by atoms with Crippen molar-refractivity contribution < 1.29 is 19.2 Å². The van der Waals surface area contributed by atoms with Crippen molar-refractivity contribution in [1.29, 1.82) is 0 Å². The summed E-state index contributed by atoms with van der Waals surface area (Å²) < 4.78 is 4.84. The number of hydrogen-bond acceptors (Lipinski definition) is 4. The number of nitrogens with zero attached hydrogens (tertiary/aromatic N) is 1. The molecule has 1 saturated carbocycles. The first kappa shape index (κ1) is 15.5. The normalized spacial score (nSPS) is 22.5. The van der Waals surface area contributed by atoms with Crippen LogP contribution in [-0.2, 0) is 14.4 Å². The molecule has 1 aliphatic rings. The minimum absolute atomic E-state index is 0.00883. The number of rotatable bonds is 4. The van der Waals surface area contributed by atoms with Crippen LogP contribution in [0.1, 0.15) is 32.6 Å². The standard InChI is InChI=1S/C13H22N2O4/c1-9(2)19-13(17)14-11-7-5-10(6-8-11)12(16)15(3)18-4/h10-11H,1,5-8H2,2-4H3,(H,14,17). The third-order valence-corrected chi connectivity index (χ3v) is 3.25. The highest BCUT2D eigenvalue weighted by Crippen LogP contribution is 2.25. The summed E-state index contributed by atoms with van der Waals surface area (Å²) in [5.41, 5.74) is 0. The molecule has 0 radical (unpaired) electrons. The van der Waals surface area contributed by atoms with E-state index in [1.165, 1.54) is 12.2 Å². The lowest BCUT2D eigenvalue weighted by Crippen LogP contribution is -2.41. The average Bonchev–Trinajstić information content (AvgIpc) is 2.36. The van der Waals surface area contributed by atoms with Gasteiger partial charge in [-0.05, 0) is 32.6 Å². The first-order valence-corrected chi connectivity index (χ1v) is 6.39. The van der Waals surface area contributed by atoms with Crippen molar-refractivity contribution in [1.82, 2.24) is 10.4 Å². The number of hydroxylamine groups is 2. The van der Waals surface area contributed by atoms with Gasteiger partial charge < -0.3 is 10.1 Å². The van der Waals surface area contributed by atoms with E-state index < -0.39 is 6.09 Å². The summed E-state index contributed by atoms with van der Waals surface area (Å²) in [5.74, 6) is 0.328. The number of nitrogens with one attached hydrogen (secondary N) is 1. The molecule has 1 aliphatic carbocycles. The van der Waals surface area contributed by atoms with Gasteiger partial charge in [-0.25, -0.2) is 9.86 Å². The van der Waals surface area contributed by atoms with Crippen LogP contribution >= 0.6 is 0 Å². The van der Waals surface area contributed by atoms with Crippen molar-refractivity contribution in [2.24, 2.45) is 5.92 Å². The third kappa shape index (κ3) is 4.90. The van der Waals surface area contributed by atoms with Crippen LogP contribution in [0.2, 0.25) is 0 Å². The molecular weight excluding hydrogens is 248 g/mol. The van der Waals surface area contributed by atoms with Gasteiger partial charge in [0, 0.05) is 19.0 Å². The van der Waals surface area contributed by atoms with E-state index in [1.807, 2.05) is 0 Å². The summed E-state index contributed by atoms with van der Waals surface area (Å²) in [5, 5.41) is 4.03. The fraction of sp³-hybridized carbons (Fsp3) is 0.692. The Hall–Kier alpha value is -1.56. The Morgan fingerprint density at radius 2 is 1.84 bits per heavy atom. The molecule has 0 atom stereocenters. The number of carbonyl (C=O) groups excluding carboxylic acids is 2.